The number of rotatable bonds is 2. The molecule has 0 aromatic carbocycles. The summed E-state index contributed by atoms with van der Waals surface area (Å²) >= 11 is 0. The standard InChI is InChI=1S/C10H16N2O/c1-9-4-2-3-5-12(9)7-10-6-11-13-8-10/h6,8-9H,2-5,7H2,1H3. The third-order valence-electron chi connectivity index (χ3n) is 2.81. The Kier molecular flexibility index (Phi) is 2.64. The van der Waals surface area contributed by atoms with Crippen LogP contribution in [0.1, 0.15) is 31.7 Å². The lowest BCUT2D eigenvalue weighted by Gasteiger charge is -2.32. The van der Waals surface area contributed by atoms with Crippen molar-refractivity contribution in [3.8, 4) is 0 Å². The number of hydrogen-bond acceptors (Lipinski definition) is 3. The highest BCUT2D eigenvalue weighted by Crippen LogP contribution is 2.18. The molecule has 0 amide bonds. The van der Waals surface area contributed by atoms with Crippen molar-refractivity contribution in [3.05, 3.63) is 18.0 Å². The smallest absolute Gasteiger partial charge is 0.128 e. The maximum atomic E-state index is 4.81. The quantitative estimate of drug-likeness (QED) is 0.697. The van der Waals surface area contributed by atoms with Gasteiger partial charge in [-0.3, -0.25) is 4.90 Å². The van der Waals surface area contributed by atoms with Crippen LogP contribution in [0.4, 0.5) is 0 Å². The largest absolute Gasteiger partial charge is 0.364 e. The van der Waals surface area contributed by atoms with Crippen LogP contribution in [0.3, 0.4) is 0 Å². The van der Waals surface area contributed by atoms with Crippen molar-refractivity contribution < 1.29 is 4.52 Å². The fourth-order valence-electron chi connectivity index (χ4n) is 1.93. The average molecular weight is 180 g/mol. The minimum atomic E-state index is 0.712. The zero-order chi connectivity index (χ0) is 9.10. The Morgan fingerprint density at radius 1 is 1.62 bits per heavy atom. The van der Waals surface area contributed by atoms with Gasteiger partial charge in [-0.25, -0.2) is 0 Å². The topological polar surface area (TPSA) is 29.3 Å². The van der Waals surface area contributed by atoms with Gasteiger partial charge in [-0.15, -0.1) is 0 Å². The molecule has 13 heavy (non-hydrogen) atoms. The summed E-state index contributed by atoms with van der Waals surface area (Å²) in [5, 5.41) is 3.71. The van der Waals surface area contributed by atoms with E-state index >= 15 is 0 Å². The number of likely N-dealkylation sites (tertiary alicyclic amines) is 1. The van der Waals surface area contributed by atoms with E-state index in [0.717, 1.165) is 6.54 Å². The highest BCUT2D eigenvalue weighted by Gasteiger charge is 2.18. The molecule has 1 aromatic rings. The monoisotopic (exact) mass is 180 g/mol. The normalized spacial score (nSPS) is 24.8. The molecular weight excluding hydrogens is 164 g/mol. The summed E-state index contributed by atoms with van der Waals surface area (Å²) in [7, 11) is 0. The number of aromatic nitrogens is 1. The van der Waals surface area contributed by atoms with E-state index in [1.165, 1.54) is 31.4 Å². The fourth-order valence-corrected chi connectivity index (χ4v) is 1.93. The van der Waals surface area contributed by atoms with E-state index in [9.17, 15) is 0 Å². The number of hydrogen-bond donors (Lipinski definition) is 0. The van der Waals surface area contributed by atoms with Crippen LogP contribution in [0.2, 0.25) is 0 Å². The van der Waals surface area contributed by atoms with Gasteiger partial charge in [-0.1, -0.05) is 11.6 Å². The van der Waals surface area contributed by atoms with Crippen LogP contribution in [-0.2, 0) is 6.54 Å². The molecule has 1 aliphatic heterocycles. The average Bonchev–Trinajstić information content (AvgIpc) is 2.61. The van der Waals surface area contributed by atoms with Crippen molar-refractivity contribution in [2.75, 3.05) is 6.54 Å². The van der Waals surface area contributed by atoms with Gasteiger partial charge < -0.3 is 4.52 Å². The SMILES string of the molecule is CC1CCCCN1Cc1cnoc1. The molecule has 2 rings (SSSR count). The number of piperidine rings is 1. The molecule has 1 aromatic heterocycles. The van der Waals surface area contributed by atoms with Crippen LogP contribution in [0.15, 0.2) is 17.0 Å². The summed E-state index contributed by atoms with van der Waals surface area (Å²) in [5.74, 6) is 0. The maximum absolute atomic E-state index is 4.81. The van der Waals surface area contributed by atoms with Gasteiger partial charge in [0.1, 0.15) is 6.26 Å². The lowest BCUT2D eigenvalue weighted by atomic mass is 10.0. The first-order valence-corrected chi connectivity index (χ1v) is 4.98. The molecule has 0 radical (unpaired) electrons. The van der Waals surface area contributed by atoms with Crippen molar-refractivity contribution in [1.82, 2.24) is 10.1 Å². The second kappa shape index (κ2) is 3.92. The summed E-state index contributed by atoms with van der Waals surface area (Å²) in [4.78, 5) is 2.50. The maximum Gasteiger partial charge on any atom is 0.128 e. The van der Waals surface area contributed by atoms with Gasteiger partial charge >= 0.3 is 0 Å². The molecule has 0 N–H and O–H groups in total. The molecule has 3 heteroatoms. The van der Waals surface area contributed by atoms with E-state index in [4.69, 9.17) is 4.52 Å². The van der Waals surface area contributed by atoms with Gasteiger partial charge in [-0.05, 0) is 26.3 Å². The van der Waals surface area contributed by atoms with Gasteiger partial charge in [0.25, 0.3) is 0 Å². The summed E-state index contributed by atoms with van der Waals surface area (Å²) in [6.07, 6.45) is 7.57. The van der Waals surface area contributed by atoms with E-state index in [1.54, 1.807) is 12.5 Å². The second-order valence-corrected chi connectivity index (χ2v) is 3.85. The zero-order valence-electron chi connectivity index (χ0n) is 8.07. The minimum absolute atomic E-state index is 0.712. The Labute approximate surface area is 78.7 Å². The molecular formula is C10H16N2O. The molecule has 0 aliphatic carbocycles. The Bertz CT molecular complexity index is 245. The molecule has 1 saturated heterocycles. The molecule has 0 spiro atoms. The third kappa shape index (κ3) is 2.10. The van der Waals surface area contributed by atoms with Crippen molar-refractivity contribution in [2.24, 2.45) is 0 Å². The predicted molar refractivity (Wildman–Crippen MR) is 50.2 cm³/mol. The molecule has 0 bridgehead atoms. The Morgan fingerprint density at radius 3 is 3.23 bits per heavy atom. The number of nitrogens with zero attached hydrogens (tertiary/aromatic N) is 2. The highest BCUT2D eigenvalue weighted by molar-refractivity contribution is 5.00. The highest BCUT2D eigenvalue weighted by atomic mass is 16.5. The summed E-state index contributed by atoms with van der Waals surface area (Å²) < 4.78 is 4.81. The van der Waals surface area contributed by atoms with Crippen LogP contribution >= 0.6 is 0 Å². The zero-order valence-corrected chi connectivity index (χ0v) is 8.07. The van der Waals surface area contributed by atoms with Crippen LogP contribution in [-0.4, -0.2) is 22.6 Å². The molecule has 1 aliphatic rings. The molecule has 1 fully saturated rings. The first-order chi connectivity index (χ1) is 6.36. The van der Waals surface area contributed by atoms with Crippen LogP contribution in [0.5, 0.6) is 0 Å². The first kappa shape index (κ1) is 8.75. The predicted octanol–water partition coefficient (Wildman–Crippen LogP) is 2.05. The molecule has 72 valence electrons. The van der Waals surface area contributed by atoms with Crippen LogP contribution < -0.4 is 0 Å². The van der Waals surface area contributed by atoms with Crippen molar-refractivity contribution >= 4 is 0 Å². The molecule has 2 heterocycles. The van der Waals surface area contributed by atoms with E-state index in [1.807, 2.05) is 0 Å². The lowest BCUT2D eigenvalue weighted by Crippen LogP contribution is -2.36. The minimum Gasteiger partial charge on any atom is -0.364 e. The van der Waals surface area contributed by atoms with Gasteiger partial charge in [0.2, 0.25) is 0 Å². The van der Waals surface area contributed by atoms with E-state index < -0.39 is 0 Å². The van der Waals surface area contributed by atoms with Crippen LogP contribution in [0, 0.1) is 0 Å². The van der Waals surface area contributed by atoms with Gasteiger partial charge in [0.05, 0.1) is 6.20 Å². The summed E-state index contributed by atoms with van der Waals surface area (Å²) in [6.45, 7) is 4.50. The van der Waals surface area contributed by atoms with Crippen molar-refractivity contribution in [2.45, 2.75) is 38.8 Å². The van der Waals surface area contributed by atoms with Crippen LogP contribution in [0.25, 0.3) is 0 Å². The Balaban J connectivity index is 1.93. The van der Waals surface area contributed by atoms with E-state index in [0.29, 0.717) is 6.04 Å². The Hall–Kier alpha value is -0.830. The first-order valence-electron chi connectivity index (χ1n) is 4.98. The second-order valence-electron chi connectivity index (χ2n) is 3.85. The van der Waals surface area contributed by atoms with Gasteiger partial charge in [0, 0.05) is 18.2 Å². The summed E-state index contributed by atoms with van der Waals surface area (Å²) in [5.41, 5.74) is 1.19. The van der Waals surface area contributed by atoms with E-state index in [-0.39, 0.29) is 0 Å². The fraction of sp³-hybridized carbons (Fsp3) is 0.700. The van der Waals surface area contributed by atoms with Gasteiger partial charge in [-0.2, -0.15) is 0 Å². The molecule has 3 nitrogen and oxygen atoms in total. The Morgan fingerprint density at radius 2 is 2.54 bits per heavy atom. The van der Waals surface area contributed by atoms with Crippen molar-refractivity contribution in [1.29, 1.82) is 0 Å². The summed E-state index contributed by atoms with van der Waals surface area (Å²) in [6, 6.07) is 0.712. The van der Waals surface area contributed by atoms with Gasteiger partial charge in [0.15, 0.2) is 0 Å². The molecule has 1 atom stereocenters. The molecule has 0 saturated carbocycles. The third-order valence-corrected chi connectivity index (χ3v) is 2.81. The lowest BCUT2D eigenvalue weighted by molar-refractivity contribution is 0.152. The van der Waals surface area contributed by atoms with Crippen molar-refractivity contribution in [3.63, 3.8) is 0 Å². The van der Waals surface area contributed by atoms with E-state index in [2.05, 4.69) is 17.0 Å². The molecule has 1 unspecified atom stereocenters.